The molecule has 0 N–H and O–H groups in total. The second kappa shape index (κ2) is 6.53. The fraction of sp³-hybridized carbons (Fsp3) is 0.316. The normalized spacial score (nSPS) is 18.1. The monoisotopic (exact) mass is 319 g/mol. The van der Waals surface area contributed by atoms with Gasteiger partial charge in [0.1, 0.15) is 0 Å². The van der Waals surface area contributed by atoms with E-state index in [1.807, 2.05) is 41.5 Å². The molecule has 0 spiro atoms. The summed E-state index contributed by atoms with van der Waals surface area (Å²) in [6.45, 7) is 4.04. The average Bonchev–Trinajstić information content (AvgIpc) is 3.28. The fourth-order valence-electron chi connectivity index (χ4n) is 3.54. The molecule has 1 atom stereocenters. The second-order valence-electron chi connectivity index (χ2n) is 6.25. The Hall–Kier alpha value is -2.53. The lowest BCUT2D eigenvalue weighted by Crippen LogP contribution is -2.25. The van der Waals surface area contributed by atoms with E-state index in [1.165, 1.54) is 17.7 Å². The Balaban J connectivity index is 1.63. The zero-order chi connectivity index (χ0) is 16.4. The first kappa shape index (κ1) is 15.0. The average molecular weight is 319 g/mol. The highest BCUT2D eigenvalue weighted by atomic mass is 15.3. The van der Waals surface area contributed by atoms with Gasteiger partial charge in [-0.3, -0.25) is 14.9 Å². The van der Waals surface area contributed by atoms with Crippen molar-refractivity contribution in [2.24, 2.45) is 0 Å². The van der Waals surface area contributed by atoms with Crippen LogP contribution in [-0.4, -0.2) is 31.2 Å². The molecular formula is C19H21N5. The van der Waals surface area contributed by atoms with Gasteiger partial charge < -0.3 is 0 Å². The van der Waals surface area contributed by atoms with Gasteiger partial charge in [-0.2, -0.15) is 5.10 Å². The molecular weight excluding hydrogens is 298 g/mol. The zero-order valence-corrected chi connectivity index (χ0v) is 13.8. The molecule has 5 nitrogen and oxygen atoms in total. The SMILES string of the molecule is Cc1cccnc1C1CCCN1Cc1ncccc1-n1cccn1. The minimum atomic E-state index is 0.374. The highest BCUT2D eigenvalue weighted by molar-refractivity contribution is 5.35. The van der Waals surface area contributed by atoms with E-state index >= 15 is 0 Å². The molecule has 0 amide bonds. The molecule has 0 aliphatic carbocycles. The van der Waals surface area contributed by atoms with Crippen molar-refractivity contribution in [2.45, 2.75) is 32.4 Å². The van der Waals surface area contributed by atoms with Crippen molar-refractivity contribution in [1.82, 2.24) is 24.6 Å². The summed E-state index contributed by atoms with van der Waals surface area (Å²) >= 11 is 0. The third kappa shape index (κ3) is 2.83. The molecule has 1 fully saturated rings. The number of rotatable bonds is 4. The summed E-state index contributed by atoms with van der Waals surface area (Å²) in [6.07, 6.45) is 9.87. The van der Waals surface area contributed by atoms with Crippen molar-refractivity contribution >= 4 is 0 Å². The topological polar surface area (TPSA) is 46.8 Å². The van der Waals surface area contributed by atoms with Gasteiger partial charge in [0.25, 0.3) is 0 Å². The Morgan fingerprint density at radius 3 is 2.79 bits per heavy atom. The number of hydrogen-bond acceptors (Lipinski definition) is 4. The van der Waals surface area contributed by atoms with E-state index in [4.69, 9.17) is 0 Å². The van der Waals surface area contributed by atoms with Crippen LogP contribution in [0, 0.1) is 6.92 Å². The first-order valence-electron chi connectivity index (χ1n) is 8.42. The maximum Gasteiger partial charge on any atom is 0.0874 e. The Bertz CT molecular complexity index is 812. The number of pyridine rings is 2. The van der Waals surface area contributed by atoms with Crippen LogP contribution in [0.15, 0.2) is 55.1 Å². The molecule has 122 valence electrons. The van der Waals surface area contributed by atoms with Crippen LogP contribution >= 0.6 is 0 Å². The quantitative estimate of drug-likeness (QED) is 0.740. The number of aryl methyl sites for hydroxylation is 1. The second-order valence-corrected chi connectivity index (χ2v) is 6.25. The molecule has 0 radical (unpaired) electrons. The number of hydrogen-bond donors (Lipinski definition) is 0. The van der Waals surface area contributed by atoms with Crippen molar-refractivity contribution in [3.05, 3.63) is 72.1 Å². The first-order chi connectivity index (χ1) is 11.8. The van der Waals surface area contributed by atoms with Gasteiger partial charge in [-0.05, 0) is 56.1 Å². The lowest BCUT2D eigenvalue weighted by Gasteiger charge is -2.25. The Morgan fingerprint density at radius 2 is 1.96 bits per heavy atom. The van der Waals surface area contributed by atoms with Crippen molar-refractivity contribution in [3.8, 4) is 5.69 Å². The molecule has 0 aromatic carbocycles. The lowest BCUT2D eigenvalue weighted by atomic mass is 10.1. The minimum Gasteiger partial charge on any atom is -0.289 e. The van der Waals surface area contributed by atoms with Crippen molar-refractivity contribution in [1.29, 1.82) is 0 Å². The van der Waals surface area contributed by atoms with Gasteiger partial charge in [0.15, 0.2) is 0 Å². The summed E-state index contributed by atoms with van der Waals surface area (Å²) in [5.74, 6) is 0. The Kier molecular flexibility index (Phi) is 4.09. The summed E-state index contributed by atoms with van der Waals surface area (Å²) < 4.78 is 1.89. The van der Waals surface area contributed by atoms with Crippen LogP contribution in [0.25, 0.3) is 5.69 Å². The highest BCUT2D eigenvalue weighted by Crippen LogP contribution is 2.33. The lowest BCUT2D eigenvalue weighted by molar-refractivity contribution is 0.240. The molecule has 4 heterocycles. The first-order valence-corrected chi connectivity index (χ1v) is 8.42. The van der Waals surface area contributed by atoms with Crippen LogP contribution in [0.5, 0.6) is 0 Å². The molecule has 0 saturated carbocycles. The molecule has 1 aliphatic heterocycles. The predicted molar refractivity (Wildman–Crippen MR) is 92.7 cm³/mol. The van der Waals surface area contributed by atoms with Crippen LogP contribution in [-0.2, 0) is 6.54 Å². The third-order valence-corrected chi connectivity index (χ3v) is 4.70. The van der Waals surface area contributed by atoms with E-state index in [0.29, 0.717) is 6.04 Å². The van der Waals surface area contributed by atoms with Gasteiger partial charge in [0.05, 0.1) is 23.1 Å². The molecule has 24 heavy (non-hydrogen) atoms. The molecule has 1 unspecified atom stereocenters. The van der Waals surface area contributed by atoms with Gasteiger partial charge in [-0.15, -0.1) is 0 Å². The maximum atomic E-state index is 4.64. The van der Waals surface area contributed by atoms with E-state index < -0.39 is 0 Å². The van der Waals surface area contributed by atoms with E-state index in [0.717, 1.165) is 30.9 Å². The van der Waals surface area contributed by atoms with E-state index in [2.05, 4.69) is 39.0 Å². The van der Waals surface area contributed by atoms with Crippen LogP contribution in [0.4, 0.5) is 0 Å². The Morgan fingerprint density at radius 1 is 1.08 bits per heavy atom. The summed E-state index contributed by atoms with van der Waals surface area (Å²) in [5, 5.41) is 4.36. The van der Waals surface area contributed by atoms with Crippen LogP contribution in [0.2, 0.25) is 0 Å². The van der Waals surface area contributed by atoms with Crippen LogP contribution < -0.4 is 0 Å². The molecule has 1 aliphatic rings. The zero-order valence-electron chi connectivity index (χ0n) is 13.8. The van der Waals surface area contributed by atoms with E-state index in [-0.39, 0.29) is 0 Å². The highest BCUT2D eigenvalue weighted by Gasteiger charge is 2.29. The van der Waals surface area contributed by atoms with Gasteiger partial charge in [-0.25, -0.2) is 4.68 Å². The number of likely N-dealkylation sites (tertiary alicyclic amines) is 1. The Labute approximate surface area is 142 Å². The van der Waals surface area contributed by atoms with E-state index in [9.17, 15) is 0 Å². The maximum absolute atomic E-state index is 4.64. The summed E-state index contributed by atoms with van der Waals surface area (Å²) in [6, 6.07) is 10.5. The minimum absolute atomic E-state index is 0.374. The van der Waals surface area contributed by atoms with Crippen molar-refractivity contribution < 1.29 is 0 Å². The molecule has 5 heteroatoms. The van der Waals surface area contributed by atoms with Gasteiger partial charge in [-0.1, -0.05) is 6.07 Å². The predicted octanol–water partition coefficient (Wildman–Crippen LogP) is 3.31. The smallest absolute Gasteiger partial charge is 0.0874 e. The molecule has 0 bridgehead atoms. The summed E-state index contributed by atoms with van der Waals surface area (Å²) in [7, 11) is 0. The number of aromatic nitrogens is 4. The third-order valence-electron chi connectivity index (χ3n) is 4.70. The van der Waals surface area contributed by atoms with Crippen LogP contribution in [0.1, 0.15) is 35.8 Å². The largest absolute Gasteiger partial charge is 0.289 e. The van der Waals surface area contributed by atoms with Crippen molar-refractivity contribution in [3.63, 3.8) is 0 Å². The molecule has 3 aromatic rings. The molecule has 1 saturated heterocycles. The van der Waals surface area contributed by atoms with Crippen molar-refractivity contribution in [2.75, 3.05) is 6.54 Å². The molecule has 3 aromatic heterocycles. The molecule has 4 rings (SSSR count). The summed E-state index contributed by atoms with van der Waals surface area (Å²) in [5.41, 5.74) is 4.57. The summed E-state index contributed by atoms with van der Waals surface area (Å²) in [4.78, 5) is 11.8. The van der Waals surface area contributed by atoms with Gasteiger partial charge >= 0.3 is 0 Å². The fourth-order valence-corrected chi connectivity index (χ4v) is 3.54. The van der Waals surface area contributed by atoms with Crippen LogP contribution in [0.3, 0.4) is 0 Å². The number of nitrogens with zero attached hydrogens (tertiary/aromatic N) is 5. The van der Waals surface area contributed by atoms with E-state index in [1.54, 1.807) is 6.20 Å². The standard InChI is InChI=1S/C19H21N5/c1-15-6-2-10-21-19(15)18-8-4-12-23(18)14-16-17(7-3-9-20-16)24-13-5-11-22-24/h2-3,5-7,9-11,13,18H,4,8,12,14H2,1H3. The van der Waals surface area contributed by atoms with Gasteiger partial charge in [0.2, 0.25) is 0 Å². The van der Waals surface area contributed by atoms with Gasteiger partial charge in [0, 0.05) is 31.3 Å².